The number of aryl methyl sites for hydroxylation is 1. The molecule has 1 atom stereocenters. The number of nitrogens with zero attached hydrogens (tertiary/aromatic N) is 3. The highest BCUT2D eigenvalue weighted by atomic mass is 32.1. The van der Waals surface area contributed by atoms with E-state index < -0.39 is 0 Å². The summed E-state index contributed by atoms with van der Waals surface area (Å²) in [6.45, 7) is 1.04. The summed E-state index contributed by atoms with van der Waals surface area (Å²) in [7, 11) is 0. The van der Waals surface area contributed by atoms with Gasteiger partial charge in [0.05, 0.1) is 11.7 Å². The van der Waals surface area contributed by atoms with Crippen LogP contribution in [0.2, 0.25) is 0 Å². The lowest BCUT2D eigenvalue weighted by Crippen LogP contribution is -2.25. The number of fused-ring (bicyclic) bond motifs is 2. The van der Waals surface area contributed by atoms with Gasteiger partial charge in [-0.05, 0) is 45.1 Å². The van der Waals surface area contributed by atoms with Crippen LogP contribution in [-0.2, 0) is 12.8 Å². The SMILES string of the molecule is O=c1c2c(nc3sc([C@H]4CCCN4)nn13)CCCC2. The lowest BCUT2D eigenvalue weighted by atomic mass is 9.97. The zero-order valence-electron chi connectivity index (χ0n) is 10.7. The molecule has 4 rings (SSSR count). The summed E-state index contributed by atoms with van der Waals surface area (Å²) in [4.78, 5) is 17.9. The largest absolute Gasteiger partial charge is 0.308 e. The first-order valence-corrected chi connectivity index (χ1v) is 7.79. The fourth-order valence-corrected chi connectivity index (χ4v) is 4.04. The van der Waals surface area contributed by atoms with E-state index in [9.17, 15) is 4.79 Å². The molecule has 19 heavy (non-hydrogen) atoms. The van der Waals surface area contributed by atoms with Crippen molar-refractivity contribution >= 4 is 16.3 Å². The first-order valence-electron chi connectivity index (χ1n) is 6.98. The average Bonchev–Trinajstić information content (AvgIpc) is 3.07. The Morgan fingerprint density at radius 2 is 2.16 bits per heavy atom. The van der Waals surface area contributed by atoms with Crippen LogP contribution in [0.1, 0.15) is 48.0 Å². The van der Waals surface area contributed by atoms with Gasteiger partial charge in [0.25, 0.3) is 5.56 Å². The van der Waals surface area contributed by atoms with Crippen LogP contribution >= 0.6 is 11.3 Å². The van der Waals surface area contributed by atoms with E-state index in [1.807, 2.05) is 0 Å². The summed E-state index contributed by atoms with van der Waals surface area (Å²) in [6, 6.07) is 0.308. The Morgan fingerprint density at radius 3 is 3.00 bits per heavy atom. The monoisotopic (exact) mass is 276 g/mol. The van der Waals surface area contributed by atoms with Crippen LogP contribution in [0.3, 0.4) is 0 Å². The maximum atomic E-state index is 12.4. The third-order valence-corrected chi connectivity index (χ3v) is 5.08. The molecule has 0 amide bonds. The minimum atomic E-state index is 0.0557. The zero-order valence-corrected chi connectivity index (χ0v) is 11.5. The maximum Gasteiger partial charge on any atom is 0.278 e. The number of rotatable bonds is 1. The van der Waals surface area contributed by atoms with Gasteiger partial charge in [-0.1, -0.05) is 11.3 Å². The highest BCUT2D eigenvalue weighted by Crippen LogP contribution is 2.27. The van der Waals surface area contributed by atoms with Crippen LogP contribution in [0.5, 0.6) is 0 Å². The Kier molecular flexibility index (Phi) is 2.66. The Bertz CT molecular complexity index is 684. The molecule has 1 aliphatic heterocycles. The van der Waals surface area contributed by atoms with Gasteiger partial charge >= 0.3 is 0 Å². The Morgan fingerprint density at radius 1 is 1.26 bits per heavy atom. The van der Waals surface area contributed by atoms with Crippen molar-refractivity contribution in [2.75, 3.05) is 6.54 Å². The van der Waals surface area contributed by atoms with Gasteiger partial charge in [-0.15, -0.1) is 0 Å². The molecule has 0 spiro atoms. The molecule has 1 saturated heterocycles. The maximum absolute atomic E-state index is 12.4. The molecule has 6 heteroatoms. The van der Waals surface area contributed by atoms with Gasteiger partial charge in [0.2, 0.25) is 4.96 Å². The van der Waals surface area contributed by atoms with Crippen LogP contribution in [0.25, 0.3) is 4.96 Å². The molecule has 3 heterocycles. The summed E-state index contributed by atoms with van der Waals surface area (Å²) in [5.74, 6) is 0. The molecule has 100 valence electrons. The van der Waals surface area contributed by atoms with Crippen molar-refractivity contribution in [1.82, 2.24) is 19.9 Å². The second kappa shape index (κ2) is 4.38. The van der Waals surface area contributed by atoms with E-state index in [2.05, 4.69) is 15.4 Å². The van der Waals surface area contributed by atoms with E-state index in [1.165, 1.54) is 10.9 Å². The van der Waals surface area contributed by atoms with Gasteiger partial charge in [0, 0.05) is 5.56 Å². The van der Waals surface area contributed by atoms with E-state index in [0.29, 0.717) is 6.04 Å². The first kappa shape index (κ1) is 11.5. The summed E-state index contributed by atoms with van der Waals surface area (Å²) in [6.07, 6.45) is 6.32. The first-order chi connectivity index (χ1) is 9.33. The molecule has 0 saturated carbocycles. The number of hydrogen-bond acceptors (Lipinski definition) is 5. The highest BCUT2D eigenvalue weighted by Gasteiger charge is 2.23. The molecule has 2 aromatic heterocycles. The van der Waals surface area contributed by atoms with Crippen molar-refractivity contribution in [1.29, 1.82) is 0 Å². The predicted molar refractivity (Wildman–Crippen MR) is 73.8 cm³/mol. The van der Waals surface area contributed by atoms with Gasteiger partial charge in [-0.3, -0.25) is 4.79 Å². The Labute approximate surface area is 114 Å². The van der Waals surface area contributed by atoms with Gasteiger partial charge in [-0.25, -0.2) is 4.98 Å². The van der Waals surface area contributed by atoms with E-state index >= 15 is 0 Å². The highest BCUT2D eigenvalue weighted by molar-refractivity contribution is 7.16. The fraction of sp³-hybridized carbons (Fsp3) is 0.615. The van der Waals surface area contributed by atoms with Crippen LogP contribution in [0, 0.1) is 0 Å². The number of aromatic nitrogens is 3. The second-order valence-corrected chi connectivity index (χ2v) is 6.32. The van der Waals surface area contributed by atoms with Crippen LogP contribution in [-0.4, -0.2) is 21.1 Å². The quantitative estimate of drug-likeness (QED) is 0.856. The van der Waals surface area contributed by atoms with Gasteiger partial charge in [0.15, 0.2) is 0 Å². The standard InChI is InChI=1S/C13H16N4OS/c18-12-8-4-1-2-5-9(8)15-13-17(12)16-11(19-13)10-6-3-7-14-10/h10,14H,1-7H2/t10-/m1/s1. The van der Waals surface area contributed by atoms with Crippen molar-refractivity contribution in [3.05, 3.63) is 26.6 Å². The molecule has 0 unspecified atom stereocenters. The summed E-state index contributed by atoms with van der Waals surface area (Å²) in [5.41, 5.74) is 1.95. The average molecular weight is 276 g/mol. The lowest BCUT2D eigenvalue weighted by molar-refractivity contribution is 0.620. The van der Waals surface area contributed by atoms with E-state index in [4.69, 9.17) is 0 Å². The molecule has 5 nitrogen and oxygen atoms in total. The summed E-state index contributed by atoms with van der Waals surface area (Å²) in [5, 5.41) is 8.93. The van der Waals surface area contributed by atoms with Crippen molar-refractivity contribution in [3.8, 4) is 0 Å². The van der Waals surface area contributed by atoms with E-state index in [1.54, 1.807) is 11.3 Å². The van der Waals surface area contributed by atoms with Gasteiger partial charge < -0.3 is 5.32 Å². The molecule has 2 aromatic rings. The number of nitrogens with one attached hydrogen (secondary N) is 1. The normalized spacial score (nSPS) is 22.8. The third kappa shape index (κ3) is 1.81. The Hall–Kier alpha value is -1.27. The molecule has 0 bridgehead atoms. The van der Waals surface area contributed by atoms with E-state index in [0.717, 1.165) is 59.9 Å². The minimum absolute atomic E-state index is 0.0557. The van der Waals surface area contributed by atoms with Crippen LogP contribution in [0.4, 0.5) is 0 Å². The van der Waals surface area contributed by atoms with Crippen LogP contribution in [0.15, 0.2) is 4.79 Å². The number of hydrogen-bond donors (Lipinski definition) is 1. The third-order valence-electron chi connectivity index (χ3n) is 4.05. The lowest BCUT2D eigenvalue weighted by Gasteiger charge is -2.12. The molecule has 1 N–H and O–H groups in total. The van der Waals surface area contributed by atoms with Crippen molar-refractivity contribution in [3.63, 3.8) is 0 Å². The van der Waals surface area contributed by atoms with Crippen molar-refractivity contribution < 1.29 is 0 Å². The zero-order chi connectivity index (χ0) is 12.8. The molecule has 1 aliphatic carbocycles. The van der Waals surface area contributed by atoms with Gasteiger partial charge in [-0.2, -0.15) is 9.61 Å². The van der Waals surface area contributed by atoms with E-state index in [-0.39, 0.29) is 5.56 Å². The molecule has 0 radical (unpaired) electrons. The fourth-order valence-electron chi connectivity index (χ4n) is 3.02. The topological polar surface area (TPSA) is 59.3 Å². The van der Waals surface area contributed by atoms with Crippen molar-refractivity contribution in [2.24, 2.45) is 0 Å². The molecular weight excluding hydrogens is 260 g/mol. The smallest absolute Gasteiger partial charge is 0.278 e. The predicted octanol–water partition coefficient (Wildman–Crippen LogP) is 1.45. The van der Waals surface area contributed by atoms with Gasteiger partial charge in [0.1, 0.15) is 5.01 Å². The molecular formula is C13H16N4OS. The molecule has 2 aliphatic rings. The summed E-state index contributed by atoms with van der Waals surface area (Å²) < 4.78 is 1.52. The Balaban J connectivity index is 1.88. The van der Waals surface area contributed by atoms with Crippen LogP contribution < -0.4 is 10.9 Å². The minimum Gasteiger partial charge on any atom is -0.308 e. The molecule has 1 fully saturated rings. The van der Waals surface area contributed by atoms with Crippen molar-refractivity contribution in [2.45, 2.75) is 44.6 Å². The molecule has 0 aromatic carbocycles. The summed E-state index contributed by atoms with van der Waals surface area (Å²) >= 11 is 1.56. The second-order valence-electron chi connectivity index (χ2n) is 5.33.